The van der Waals surface area contributed by atoms with Crippen molar-refractivity contribution in [2.24, 2.45) is 0 Å². The van der Waals surface area contributed by atoms with E-state index < -0.39 is 39.9 Å². The highest BCUT2D eigenvalue weighted by atomic mass is 19.4. The quantitative estimate of drug-likeness (QED) is 0.694. The Balaban J connectivity index is 2.25. The van der Waals surface area contributed by atoms with Gasteiger partial charge in [0, 0.05) is 0 Å². The topological polar surface area (TPSA) is 85.4 Å². The molecule has 0 saturated heterocycles. The van der Waals surface area contributed by atoms with Crippen LogP contribution in [0.2, 0.25) is 0 Å². The summed E-state index contributed by atoms with van der Waals surface area (Å²) in [5.41, 5.74) is -1.49. The molecule has 9 heteroatoms. The van der Waals surface area contributed by atoms with Gasteiger partial charge in [-0.2, -0.15) is 13.2 Å². The van der Waals surface area contributed by atoms with Crippen molar-refractivity contribution in [3.8, 4) is 0 Å². The van der Waals surface area contributed by atoms with Crippen molar-refractivity contribution in [1.29, 1.82) is 0 Å². The molecule has 2 rings (SSSR count). The summed E-state index contributed by atoms with van der Waals surface area (Å²) in [6, 6.07) is 6.30. The average Bonchev–Trinajstić information content (AvgIpc) is 2.88. The summed E-state index contributed by atoms with van der Waals surface area (Å²) in [6.45, 7) is 0. The van der Waals surface area contributed by atoms with Gasteiger partial charge in [0.1, 0.15) is 4.92 Å². The predicted molar refractivity (Wildman–Crippen MR) is 64.8 cm³/mol. The fourth-order valence-corrected chi connectivity index (χ4v) is 1.57. The maximum atomic E-state index is 12.7. The van der Waals surface area contributed by atoms with E-state index in [1.807, 2.05) is 5.32 Å². The third kappa shape index (κ3) is 3.19. The highest BCUT2D eigenvalue weighted by Crippen LogP contribution is 2.34. The second-order valence-electron chi connectivity index (χ2n) is 3.89. The number of halogens is 3. The summed E-state index contributed by atoms with van der Waals surface area (Å²) in [6.07, 6.45) is -4.64. The number of carbonyl (C=O) groups excluding carboxylic acids is 1. The summed E-state index contributed by atoms with van der Waals surface area (Å²) < 4.78 is 42.9. The van der Waals surface area contributed by atoms with Crippen LogP contribution in [0.15, 0.2) is 40.8 Å². The first-order valence-corrected chi connectivity index (χ1v) is 5.51. The molecule has 21 heavy (non-hydrogen) atoms. The van der Waals surface area contributed by atoms with Crippen LogP contribution >= 0.6 is 0 Å². The van der Waals surface area contributed by atoms with Gasteiger partial charge in [0.2, 0.25) is 0 Å². The lowest BCUT2D eigenvalue weighted by Gasteiger charge is -2.12. The van der Waals surface area contributed by atoms with Crippen molar-refractivity contribution >= 4 is 17.5 Å². The normalized spacial score (nSPS) is 11.2. The number of para-hydroxylation sites is 1. The Hall–Kier alpha value is -2.84. The number of alkyl halides is 3. The van der Waals surface area contributed by atoms with Crippen LogP contribution < -0.4 is 5.32 Å². The van der Waals surface area contributed by atoms with E-state index in [1.165, 1.54) is 12.1 Å². The zero-order valence-electron chi connectivity index (χ0n) is 10.2. The van der Waals surface area contributed by atoms with Crippen LogP contribution in [0.25, 0.3) is 0 Å². The second-order valence-corrected chi connectivity index (χ2v) is 3.89. The van der Waals surface area contributed by atoms with Crippen molar-refractivity contribution in [1.82, 2.24) is 0 Å². The Morgan fingerprint density at radius 1 is 1.19 bits per heavy atom. The minimum atomic E-state index is -4.64. The summed E-state index contributed by atoms with van der Waals surface area (Å²) in [4.78, 5) is 21.3. The maximum absolute atomic E-state index is 12.7. The molecule has 0 atom stereocenters. The number of nitrogens with zero attached hydrogens (tertiary/aromatic N) is 1. The predicted octanol–water partition coefficient (Wildman–Crippen LogP) is 3.46. The average molecular weight is 300 g/mol. The number of carbonyl (C=O) groups is 1. The van der Waals surface area contributed by atoms with Gasteiger partial charge in [-0.25, -0.2) is 0 Å². The number of benzene rings is 1. The van der Waals surface area contributed by atoms with Gasteiger partial charge in [0.15, 0.2) is 5.76 Å². The first kappa shape index (κ1) is 14.6. The maximum Gasteiger partial charge on any atom is 0.433 e. The van der Waals surface area contributed by atoms with Crippen molar-refractivity contribution in [2.45, 2.75) is 6.18 Å². The number of hydrogen-bond acceptors (Lipinski definition) is 4. The van der Waals surface area contributed by atoms with E-state index in [4.69, 9.17) is 0 Å². The van der Waals surface area contributed by atoms with E-state index >= 15 is 0 Å². The number of nitrogens with one attached hydrogen (secondary N) is 1. The smallest absolute Gasteiger partial charge is 0.395 e. The van der Waals surface area contributed by atoms with Crippen molar-refractivity contribution < 1.29 is 27.3 Å². The molecule has 0 aliphatic heterocycles. The zero-order valence-corrected chi connectivity index (χ0v) is 10.2. The van der Waals surface area contributed by atoms with Crippen molar-refractivity contribution in [3.05, 3.63) is 57.8 Å². The molecule has 0 saturated carbocycles. The highest BCUT2D eigenvalue weighted by molar-refractivity contribution is 6.02. The van der Waals surface area contributed by atoms with Crippen LogP contribution in [-0.4, -0.2) is 10.8 Å². The molecule has 1 aromatic heterocycles. The lowest BCUT2D eigenvalue weighted by atomic mass is 10.1. The van der Waals surface area contributed by atoms with Gasteiger partial charge < -0.3 is 9.73 Å². The SMILES string of the molecule is O=C(Nc1ccccc1C(F)(F)F)c1ccc([N+](=O)[O-])o1. The van der Waals surface area contributed by atoms with E-state index in [1.54, 1.807) is 0 Å². The molecule has 110 valence electrons. The fourth-order valence-electron chi connectivity index (χ4n) is 1.57. The molecule has 1 N–H and O–H groups in total. The number of hydrogen-bond donors (Lipinski definition) is 1. The van der Waals surface area contributed by atoms with Crippen LogP contribution in [0.3, 0.4) is 0 Å². The van der Waals surface area contributed by atoms with Crippen LogP contribution in [0.5, 0.6) is 0 Å². The standard InChI is InChI=1S/C12H7F3N2O4/c13-12(14,15)7-3-1-2-4-8(7)16-11(18)9-5-6-10(21-9)17(19)20/h1-6H,(H,16,18). The number of anilines is 1. The molecule has 0 aliphatic carbocycles. The molecular formula is C12H7F3N2O4. The molecule has 1 aromatic carbocycles. The fraction of sp³-hybridized carbons (Fsp3) is 0.0833. The van der Waals surface area contributed by atoms with Gasteiger partial charge >= 0.3 is 12.1 Å². The number of nitro groups is 1. The molecule has 1 heterocycles. The Kier molecular flexibility index (Phi) is 3.66. The highest BCUT2D eigenvalue weighted by Gasteiger charge is 2.33. The Morgan fingerprint density at radius 3 is 2.43 bits per heavy atom. The van der Waals surface area contributed by atoms with Gasteiger partial charge in [-0.05, 0) is 18.2 Å². The Labute approximate surface area is 115 Å². The van der Waals surface area contributed by atoms with Crippen molar-refractivity contribution in [2.75, 3.05) is 5.32 Å². The number of rotatable bonds is 3. The monoisotopic (exact) mass is 300 g/mol. The second kappa shape index (κ2) is 5.27. The van der Waals surface area contributed by atoms with Crippen LogP contribution in [0.4, 0.5) is 24.7 Å². The molecule has 0 radical (unpaired) electrons. The summed E-state index contributed by atoms with van der Waals surface area (Å²) >= 11 is 0. The Bertz CT molecular complexity index is 694. The zero-order chi connectivity index (χ0) is 15.6. The van der Waals surface area contributed by atoms with Gasteiger partial charge in [-0.15, -0.1) is 0 Å². The van der Waals surface area contributed by atoms with Gasteiger partial charge in [0.05, 0.1) is 17.3 Å². The van der Waals surface area contributed by atoms with Crippen LogP contribution in [0.1, 0.15) is 16.1 Å². The minimum absolute atomic E-state index is 0.460. The molecule has 6 nitrogen and oxygen atoms in total. The molecule has 2 aromatic rings. The van der Waals surface area contributed by atoms with E-state index in [-0.39, 0.29) is 0 Å². The molecule has 0 spiro atoms. The third-order valence-corrected chi connectivity index (χ3v) is 2.48. The minimum Gasteiger partial charge on any atom is -0.395 e. The van der Waals surface area contributed by atoms with Crippen LogP contribution in [-0.2, 0) is 6.18 Å². The molecular weight excluding hydrogens is 293 g/mol. The molecule has 0 fully saturated rings. The summed E-state index contributed by atoms with van der Waals surface area (Å²) in [5, 5.41) is 12.4. The molecule has 1 amide bonds. The summed E-state index contributed by atoms with van der Waals surface area (Å²) in [5.74, 6) is -2.15. The summed E-state index contributed by atoms with van der Waals surface area (Å²) in [7, 11) is 0. The largest absolute Gasteiger partial charge is 0.433 e. The molecule has 0 aliphatic rings. The van der Waals surface area contributed by atoms with Gasteiger partial charge in [-0.3, -0.25) is 14.9 Å². The third-order valence-electron chi connectivity index (χ3n) is 2.48. The van der Waals surface area contributed by atoms with Crippen LogP contribution in [0, 0.1) is 10.1 Å². The van der Waals surface area contributed by atoms with E-state index in [9.17, 15) is 28.1 Å². The van der Waals surface area contributed by atoms with E-state index in [0.717, 1.165) is 24.3 Å². The first-order chi connectivity index (χ1) is 9.79. The number of amides is 1. The van der Waals surface area contributed by atoms with Gasteiger partial charge in [-0.1, -0.05) is 12.1 Å². The van der Waals surface area contributed by atoms with Crippen molar-refractivity contribution in [3.63, 3.8) is 0 Å². The first-order valence-electron chi connectivity index (χ1n) is 5.51. The van der Waals surface area contributed by atoms with Gasteiger partial charge in [0.25, 0.3) is 5.91 Å². The Morgan fingerprint density at radius 2 is 1.86 bits per heavy atom. The number of furan rings is 1. The lowest BCUT2D eigenvalue weighted by Crippen LogP contribution is -2.16. The molecule has 0 bridgehead atoms. The van der Waals surface area contributed by atoms with E-state index in [2.05, 4.69) is 4.42 Å². The van der Waals surface area contributed by atoms with E-state index in [0.29, 0.717) is 0 Å². The lowest BCUT2D eigenvalue weighted by molar-refractivity contribution is -0.402. The molecule has 0 unspecified atom stereocenters.